The second-order valence-corrected chi connectivity index (χ2v) is 5.70. The molecule has 2 aromatic rings. The highest BCUT2D eigenvalue weighted by molar-refractivity contribution is 7.09. The molecule has 1 N–H and O–H groups in total. The summed E-state index contributed by atoms with van der Waals surface area (Å²) in [6, 6.07) is 0. The molecule has 2 rings (SSSR count). The highest BCUT2D eigenvalue weighted by atomic mass is 32.1. The molecule has 2 heterocycles. The molecule has 1 atom stereocenters. The van der Waals surface area contributed by atoms with Gasteiger partial charge in [-0.05, 0) is 13.8 Å². The second-order valence-electron chi connectivity index (χ2n) is 4.81. The zero-order valence-corrected chi connectivity index (χ0v) is 13.0. The average Bonchev–Trinajstić information content (AvgIpc) is 3.01. The van der Waals surface area contributed by atoms with E-state index in [9.17, 15) is 4.79 Å². The third-order valence-electron chi connectivity index (χ3n) is 2.98. The fourth-order valence-corrected chi connectivity index (χ4v) is 2.68. The van der Waals surface area contributed by atoms with Gasteiger partial charge in [-0.15, -0.1) is 11.3 Å². The predicted octanol–water partition coefficient (Wildman–Crippen LogP) is 2.84. The lowest BCUT2D eigenvalue weighted by atomic mass is 10.2. The van der Waals surface area contributed by atoms with Gasteiger partial charge in [0.05, 0.1) is 10.7 Å². The van der Waals surface area contributed by atoms with Gasteiger partial charge in [0.1, 0.15) is 0 Å². The van der Waals surface area contributed by atoms with Gasteiger partial charge in [0.15, 0.2) is 5.89 Å². The van der Waals surface area contributed by atoms with Crippen molar-refractivity contribution < 1.29 is 9.21 Å². The molecule has 20 heavy (non-hydrogen) atoms. The number of oxazole rings is 1. The number of aromatic nitrogens is 2. The second kappa shape index (κ2) is 6.17. The van der Waals surface area contributed by atoms with Gasteiger partial charge in [-0.1, -0.05) is 13.8 Å². The van der Waals surface area contributed by atoms with E-state index < -0.39 is 0 Å². The minimum Gasteiger partial charge on any atom is -0.435 e. The van der Waals surface area contributed by atoms with Gasteiger partial charge in [0, 0.05) is 30.0 Å². The van der Waals surface area contributed by atoms with Gasteiger partial charge >= 0.3 is 0 Å². The molecule has 0 spiro atoms. The van der Waals surface area contributed by atoms with Crippen molar-refractivity contribution >= 4 is 17.2 Å². The van der Waals surface area contributed by atoms with Crippen LogP contribution in [0, 0.1) is 13.8 Å². The van der Waals surface area contributed by atoms with Crippen LogP contribution in [0.15, 0.2) is 9.80 Å². The summed E-state index contributed by atoms with van der Waals surface area (Å²) < 4.78 is 5.43. The number of carbonyl (C=O) groups is 1. The monoisotopic (exact) mass is 293 g/mol. The van der Waals surface area contributed by atoms with Gasteiger partial charge in [-0.3, -0.25) is 4.79 Å². The number of aryl methyl sites for hydroxylation is 3. The van der Waals surface area contributed by atoms with Crippen molar-refractivity contribution in [3.8, 4) is 0 Å². The molecular weight excluding hydrogens is 274 g/mol. The molecule has 0 fully saturated rings. The maximum atomic E-state index is 12.1. The summed E-state index contributed by atoms with van der Waals surface area (Å²) in [6.45, 7) is 8.27. The maximum Gasteiger partial charge on any atom is 0.289 e. The lowest BCUT2D eigenvalue weighted by Crippen LogP contribution is -2.27. The van der Waals surface area contributed by atoms with E-state index in [0.29, 0.717) is 30.3 Å². The summed E-state index contributed by atoms with van der Waals surface area (Å²) in [6.07, 6.45) is 0.683. The Balaban J connectivity index is 1.96. The van der Waals surface area contributed by atoms with E-state index in [4.69, 9.17) is 4.42 Å². The van der Waals surface area contributed by atoms with Crippen molar-refractivity contribution in [1.29, 1.82) is 0 Å². The van der Waals surface area contributed by atoms with Crippen LogP contribution >= 0.6 is 11.3 Å². The normalized spacial score (nSPS) is 12.4. The van der Waals surface area contributed by atoms with Crippen molar-refractivity contribution in [2.75, 3.05) is 6.54 Å². The molecule has 0 saturated carbocycles. The summed E-state index contributed by atoms with van der Waals surface area (Å²) >= 11 is 1.62. The van der Waals surface area contributed by atoms with Crippen LogP contribution in [-0.4, -0.2) is 22.4 Å². The van der Waals surface area contributed by atoms with Crippen LogP contribution in [-0.2, 0) is 6.42 Å². The van der Waals surface area contributed by atoms with Crippen LogP contribution in [0.1, 0.15) is 52.6 Å². The van der Waals surface area contributed by atoms with Crippen LogP contribution in [0.5, 0.6) is 0 Å². The molecule has 0 unspecified atom stereocenters. The Labute approximate surface area is 122 Å². The van der Waals surface area contributed by atoms with E-state index in [-0.39, 0.29) is 11.8 Å². The summed E-state index contributed by atoms with van der Waals surface area (Å²) in [5.41, 5.74) is 1.65. The Morgan fingerprint density at radius 2 is 2.20 bits per heavy atom. The largest absolute Gasteiger partial charge is 0.435 e. The maximum absolute atomic E-state index is 12.1. The molecule has 0 radical (unpaired) electrons. The van der Waals surface area contributed by atoms with Crippen LogP contribution < -0.4 is 5.32 Å². The first kappa shape index (κ1) is 14.7. The molecule has 0 aromatic carbocycles. The van der Waals surface area contributed by atoms with Crippen molar-refractivity contribution in [2.24, 2.45) is 0 Å². The molecule has 2 aromatic heterocycles. The summed E-state index contributed by atoms with van der Waals surface area (Å²) in [5, 5.41) is 5.93. The lowest BCUT2D eigenvalue weighted by molar-refractivity contribution is 0.0921. The number of hydrogen-bond acceptors (Lipinski definition) is 5. The zero-order valence-electron chi connectivity index (χ0n) is 12.2. The topological polar surface area (TPSA) is 68.0 Å². The molecule has 0 bridgehead atoms. The van der Waals surface area contributed by atoms with Gasteiger partial charge in [0.2, 0.25) is 5.76 Å². The summed E-state index contributed by atoms with van der Waals surface area (Å²) in [5.74, 6) is 0.877. The summed E-state index contributed by atoms with van der Waals surface area (Å²) in [7, 11) is 0. The van der Waals surface area contributed by atoms with Crippen molar-refractivity contribution in [3.63, 3.8) is 0 Å². The molecular formula is C14H19N3O2S. The first-order chi connectivity index (χ1) is 9.51. The lowest BCUT2D eigenvalue weighted by Gasteiger charge is -2.09. The van der Waals surface area contributed by atoms with E-state index >= 15 is 0 Å². The van der Waals surface area contributed by atoms with E-state index in [0.717, 1.165) is 10.7 Å². The Hall–Kier alpha value is -1.69. The van der Waals surface area contributed by atoms with Crippen LogP contribution in [0.4, 0.5) is 0 Å². The van der Waals surface area contributed by atoms with Gasteiger partial charge in [-0.25, -0.2) is 9.97 Å². The Bertz CT molecular complexity index is 603. The smallest absolute Gasteiger partial charge is 0.289 e. The molecule has 108 valence electrons. The zero-order chi connectivity index (χ0) is 14.7. The first-order valence-corrected chi connectivity index (χ1v) is 7.55. The highest BCUT2D eigenvalue weighted by Crippen LogP contribution is 2.19. The summed E-state index contributed by atoms with van der Waals surface area (Å²) in [4.78, 5) is 20.7. The third kappa shape index (κ3) is 3.25. The molecule has 0 aliphatic carbocycles. The Morgan fingerprint density at radius 3 is 2.75 bits per heavy atom. The Morgan fingerprint density at radius 1 is 1.45 bits per heavy atom. The van der Waals surface area contributed by atoms with E-state index in [2.05, 4.69) is 15.3 Å². The number of hydrogen-bond donors (Lipinski definition) is 1. The molecule has 1 amide bonds. The fourth-order valence-electron chi connectivity index (χ4n) is 1.83. The average molecular weight is 293 g/mol. The first-order valence-electron chi connectivity index (χ1n) is 6.67. The van der Waals surface area contributed by atoms with E-state index in [1.807, 2.05) is 26.2 Å². The molecule has 0 aliphatic heterocycles. The molecule has 5 nitrogen and oxygen atoms in total. The van der Waals surface area contributed by atoms with Crippen LogP contribution in [0.2, 0.25) is 0 Å². The number of rotatable bonds is 5. The van der Waals surface area contributed by atoms with Crippen molar-refractivity contribution in [3.05, 3.63) is 33.4 Å². The van der Waals surface area contributed by atoms with Crippen LogP contribution in [0.25, 0.3) is 0 Å². The SMILES string of the molecule is CCc1nc(C)c(C(=O)NC[C@H](C)c2nc(C)cs2)o1. The van der Waals surface area contributed by atoms with Gasteiger partial charge in [-0.2, -0.15) is 0 Å². The third-order valence-corrected chi connectivity index (χ3v) is 4.17. The number of carbonyl (C=O) groups excluding carboxylic acids is 1. The number of nitrogens with one attached hydrogen (secondary N) is 1. The standard InChI is InChI=1S/C14H19N3O2S/c1-5-11-17-10(4)12(19-11)13(18)15-6-8(2)14-16-9(3)7-20-14/h7-8H,5-6H2,1-4H3,(H,15,18)/t8-/m0/s1. The van der Waals surface area contributed by atoms with Crippen LogP contribution in [0.3, 0.4) is 0 Å². The molecule has 0 aliphatic rings. The Kier molecular flexibility index (Phi) is 4.54. The molecule has 0 saturated heterocycles. The van der Waals surface area contributed by atoms with Gasteiger partial charge < -0.3 is 9.73 Å². The van der Waals surface area contributed by atoms with Crippen molar-refractivity contribution in [2.45, 2.75) is 40.0 Å². The van der Waals surface area contributed by atoms with Crippen molar-refractivity contribution in [1.82, 2.24) is 15.3 Å². The number of nitrogens with zero attached hydrogens (tertiary/aromatic N) is 2. The quantitative estimate of drug-likeness (QED) is 0.920. The van der Waals surface area contributed by atoms with E-state index in [1.165, 1.54) is 0 Å². The number of thiazole rings is 1. The van der Waals surface area contributed by atoms with Gasteiger partial charge in [0.25, 0.3) is 5.91 Å². The van der Waals surface area contributed by atoms with E-state index in [1.54, 1.807) is 18.3 Å². The molecule has 6 heteroatoms. The predicted molar refractivity (Wildman–Crippen MR) is 78.2 cm³/mol. The minimum absolute atomic E-state index is 0.187. The fraction of sp³-hybridized carbons (Fsp3) is 0.500. The minimum atomic E-state index is -0.213. The number of amides is 1. The highest BCUT2D eigenvalue weighted by Gasteiger charge is 2.18.